The van der Waals surface area contributed by atoms with Crippen molar-refractivity contribution in [2.24, 2.45) is 23.7 Å². The molecule has 3 fully saturated rings. The van der Waals surface area contributed by atoms with Crippen molar-refractivity contribution in [3.8, 4) is 0 Å². The number of nitrogens with zero attached hydrogens (tertiary/aromatic N) is 2. The van der Waals surface area contributed by atoms with Gasteiger partial charge in [-0.1, -0.05) is 0 Å². The Balaban J connectivity index is 1.34. The van der Waals surface area contributed by atoms with Crippen molar-refractivity contribution in [2.75, 3.05) is 0 Å². The van der Waals surface area contributed by atoms with Crippen LogP contribution < -0.4 is 5.32 Å². The van der Waals surface area contributed by atoms with Crippen molar-refractivity contribution in [3.05, 3.63) is 18.0 Å². The average Bonchev–Trinajstić information content (AvgIpc) is 2.81. The molecule has 98 valence electrons. The molecule has 0 aliphatic heterocycles. The molecule has 2 bridgehead atoms. The molecule has 3 aliphatic carbocycles. The summed E-state index contributed by atoms with van der Waals surface area (Å²) in [5.74, 6) is 4.17. The van der Waals surface area contributed by atoms with Crippen LogP contribution in [-0.2, 0) is 6.54 Å². The van der Waals surface area contributed by atoms with Crippen molar-refractivity contribution in [2.45, 2.75) is 51.7 Å². The molecule has 18 heavy (non-hydrogen) atoms. The zero-order valence-corrected chi connectivity index (χ0v) is 11.3. The molecule has 1 aromatic heterocycles. The molecule has 1 heterocycles. The van der Waals surface area contributed by atoms with Gasteiger partial charge in [0.2, 0.25) is 0 Å². The highest BCUT2D eigenvalue weighted by atomic mass is 15.3. The lowest BCUT2D eigenvalue weighted by molar-refractivity contribution is 0.456. The van der Waals surface area contributed by atoms with E-state index in [1.807, 2.05) is 0 Å². The molecule has 0 amide bonds. The van der Waals surface area contributed by atoms with Gasteiger partial charge in [0.15, 0.2) is 0 Å². The minimum atomic E-state index is 0.467. The molecular weight excluding hydrogens is 222 g/mol. The average molecular weight is 245 g/mol. The first-order valence-corrected chi connectivity index (χ1v) is 7.51. The van der Waals surface area contributed by atoms with E-state index < -0.39 is 0 Å². The summed E-state index contributed by atoms with van der Waals surface area (Å²) in [5.41, 5.74) is 1.20. The summed E-state index contributed by atoms with van der Waals surface area (Å²) in [6.07, 6.45) is 6.65. The van der Waals surface area contributed by atoms with Crippen LogP contribution in [0.2, 0.25) is 0 Å². The Morgan fingerprint density at radius 3 is 2.67 bits per heavy atom. The summed E-state index contributed by atoms with van der Waals surface area (Å²) in [6.45, 7) is 5.30. The van der Waals surface area contributed by atoms with Crippen molar-refractivity contribution in [1.82, 2.24) is 15.1 Å². The molecule has 4 rings (SSSR count). The highest BCUT2D eigenvalue weighted by molar-refractivity contribution is 5.17. The van der Waals surface area contributed by atoms with Crippen molar-refractivity contribution in [1.29, 1.82) is 0 Å². The van der Waals surface area contributed by atoms with E-state index in [2.05, 4.69) is 41.2 Å². The maximum Gasteiger partial charge on any atom is 0.0762 e. The first-order chi connectivity index (χ1) is 8.74. The second kappa shape index (κ2) is 3.83. The third-order valence-electron chi connectivity index (χ3n) is 5.45. The van der Waals surface area contributed by atoms with Gasteiger partial charge in [-0.05, 0) is 62.8 Å². The minimum absolute atomic E-state index is 0.467. The Morgan fingerprint density at radius 2 is 2.06 bits per heavy atom. The fourth-order valence-electron chi connectivity index (χ4n) is 4.58. The van der Waals surface area contributed by atoms with Crippen LogP contribution >= 0.6 is 0 Å². The predicted molar refractivity (Wildman–Crippen MR) is 71.1 cm³/mol. The first kappa shape index (κ1) is 11.0. The number of hydrogen-bond donors (Lipinski definition) is 1. The third kappa shape index (κ3) is 1.56. The lowest BCUT2D eigenvalue weighted by Gasteiger charge is -2.09. The van der Waals surface area contributed by atoms with E-state index in [1.165, 1.54) is 25.0 Å². The van der Waals surface area contributed by atoms with E-state index in [9.17, 15) is 0 Å². The van der Waals surface area contributed by atoms with Gasteiger partial charge in [-0.15, -0.1) is 0 Å². The second-order valence-corrected chi connectivity index (χ2v) is 6.78. The van der Waals surface area contributed by atoms with Crippen LogP contribution in [0.25, 0.3) is 0 Å². The molecule has 3 nitrogen and oxygen atoms in total. The summed E-state index contributed by atoms with van der Waals surface area (Å²) in [7, 11) is 0. The summed E-state index contributed by atoms with van der Waals surface area (Å²) < 4.78 is 2.05. The van der Waals surface area contributed by atoms with Gasteiger partial charge in [0.05, 0.1) is 5.69 Å². The van der Waals surface area contributed by atoms with Gasteiger partial charge in [0, 0.05) is 24.8 Å². The molecule has 0 radical (unpaired) electrons. The molecule has 3 saturated carbocycles. The van der Waals surface area contributed by atoms with Crippen molar-refractivity contribution < 1.29 is 0 Å². The maximum absolute atomic E-state index is 4.61. The van der Waals surface area contributed by atoms with Crippen LogP contribution in [0.5, 0.6) is 0 Å². The molecule has 1 aromatic rings. The Kier molecular flexibility index (Phi) is 2.35. The molecule has 4 unspecified atom stereocenters. The molecule has 3 aliphatic rings. The molecule has 0 spiro atoms. The van der Waals surface area contributed by atoms with Crippen LogP contribution in [0.15, 0.2) is 12.3 Å². The van der Waals surface area contributed by atoms with Gasteiger partial charge in [-0.25, -0.2) is 0 Å². The van der Waals surface area contributed by atoms with Crippen LogP contribution in [0.3, 0.4) is 0 Å². The SMILES string of the molecule is CC(C)n1ccc(CNC2C3C4CCC(C4)C23)n1. The lowest BCUT2D eigenvalue weighted by Crippen LogP contribution is -2.22. The largest absolute Gasteiger partial charge is 0.308 e. The van der Waals surface area contributed by atoms with Gasteiger partial charge < -0.3 is 5.32 Å². The summed E-state index contributed by atoms with van der Waals surface area (Å²) in [6, 6.07) is 3.44. The number of aromatic nitrogens is 2. The number of hydrogen-bond acceptors (Lipinski definition) is 2. The van der Waals surface area contributed by atoms with Gasteiger partial charge in [0.1, 0.15) is 0 Å². The normalized spacial score (nSPS) is 40.5. The number of rotatable bonds is 4. The van der Waals surface area contributed by atoms with Gasteiger partial charge in [-0.3, -0.25) is 4.68 Å². The minimum Gasteiger partial charge on any atom is -0.308 e. The van der Waals surface area contributed by atoms with Crippen molar-refractivity contribution >= 4 is 0 Å². The van der Waals surface area contributed by atoms with Gasteiger partial charge in [-0.2, -0.15) is 5.10 Å². The van der Waals surface area contributed by atoms with E-state index in [0.29, 0.717) is 6.04 Å². The summed E-state index contributed by atoms with van der Waals surface area (Å²) >= 11 is 0. The highest BCUT2D eigenvalue weighted by Gasteiger charge is 2.64. The fourth-order valence-corrected chi connectivity index (χ4v) is 4.58. The van der Waals surface area contributed by atoms with Gasteiger partial charge >= 0.3 is 0 Å². The van der Waals surface area contributed by atoms with Gasteiger partial charge in [0.25, 0.3) is 0 Å². The third-order valence-corrected chi connectivity index (χ3v) is 5.45. The number of nitrogens with one attached hydrogen (secondary N) is 1. The summed E-state index contributed by atoms with van der Waals surface area (Å²) in [5, 5.41) is 8.36. The smallest absolute Gasteiger partial charge is 0.0762 e. The van der Waals surface area contributed by atoms with E-state index in [-0.39, 0.29) is 0 Å². The number of fused-ring (bicyclic) bond motifs is 5. The topological polar surface area (TPSA) is 29.9 Å². The monoisotopic (exact) mass is 245 g/mol. The Bertz CT molecular complexity index is 434. The molecule has 1 N–H and O–H groups in total. The Labute approximate surface area is 109 Å². The van der Waals surface area contributed by atoms with E-state index in [0.717, 1.165) is 36.3 Å². The molecular formula is C15H23N3. The fraction of sp³-hybridized carbons (Fsp3) is 0.800. The molecule has 0 aromatic carbocycles. The second-order valence-electron chi connectivity index (χ2n) is 6.78. The zero-order valence-electron chi connectivity index (χ0n) is 11.3. The van der Waals surface area contributed by atoms with Crippen LogP contribution in [-0.4, -0.2) is 15.8 Å². The Morgan fingerprint density at radius 1 is 1.33 bits per heavy atom. The Hall–Kier alpha value is -0.830. The van der Waals surface area contributed by atoms with E-state index >= 15 is 0 Å². The van der Waals surface area contributed by atoms with Crippen LogP contribution in [0.1, 0.15) is 44.8 Å². The zero-order chi connectivity index (χ0) is 12.3. The molecule has 4 atom stereocenters. The first-order valence-electron chi connectivity index (χ1n) is 7.51. The molecule has 3 heteroatoms. The van der Waals surface area contributed by atoms with Crippen LogP contribution in [0, 0.1) is 23.7 Å². The standard InChI is InChI=1S/C15H23N3/c1-9(2)18-6-5-12(17-18)8-16-15-13-10-3-4-11(7-10)14(13)15/h5-6,9-11,13-16H,3-4,7-8H2,1-2H3. The van der Waals surface area contributed by atoms with Crippen molar-refractivity contribution in [3.63, 3.8) is 0 Å². The quantitative estimate of drug-likeness (QED) is 0.883. The maximum atomic E-state index is 4.61. The lowest BCUT2D eigenvalue weighted by atomic mass is 10.0. The van der Waals surface area contributed by atoms with E-state index in [1.54, 1.807) is 0 Å². The predicted octanol–water partition coefficient (Wildman–Crippen LogP) is 2.60. The van der Waals surface area contributed by atoms with Crippen LogP contribution in [0.4, 0.5) is 0 Å². The highest BCUT2D eigenvalue weighted by Crippen LogP contribution is 2.65. The summed E-state index contributed by atoms with van der Waals surface area (Å²) in [4.78, 5) is 0. The molecule has 0 saturated heterocycles. The van der Waals surface area contributed by atoms with E-state index in [4.69, 9.17) is 0 Å².